The molecule has 1 aliphatic carbocycles. The Morgan fingerprint density at radius 2 is 2.56 bits per heavy atom. The summed E-state index contributed by atoms with van der Waals surface area (Å²) in [6.45, 7) is 2.05. The number of hydrogen-bond acceptors (Lipinski definition) is 2. The van der Waals surface area contributed by atoms with Gasteiger partial charge in [-0.05, 0) is 12.5 Å². The fourth-order valence-electron chi connectivity index (χ4n) is 1.08. The van der Waals surface area contributed by atoms with Crippen molar-refractivity contribution >= 4 is 5.57 Å². The Hall–Kier alpha value is -1.05. The second-order valence-electron chi connectivity index (χ2n) is 2.22. The molecule has 2 rings (SSSR count). The van der Waals surface area contributed by atoms with Crippen molar-refractivity contribution in [2.75, 3.05) is 0 Å². The lowest BCUT2D eigenvalue weighted by molar-refractivity contribution is 0.517. The van der Waals surface area contributed by atoms with E-state index < -0.39 is 0 Å². The van der Waals surface area contributed by atoms with Gasteiger partial charge in [-0.25, -0.2) is 4.98 Å². The largest absolute Gasteiger partial charge is 0.448 e. The Morgan fingerprint density at radius 1 is 1.67 bits per heavy atom. The van der Waals surface area contributed by atoms with E-state index >= 15 is 0 Å². The minimum absolute atomic E-state index is 0.918. The number of fused-ring (bicyclic) bond motifs is 1. The molecule has 0 fully saturated rings. The van der Waals surface area contributed by atoms with Crippen molar-refractivity contribution in [3.63, 3.8) is 0 Å². The molecule has 0 atom stereocenters. The summed E-state index contributed by atoms with van der Waals surface area (Å²) in [6.07, 6.45) is 4.55. The minimum Gasteiger partial charge on any atom is -0.448 e. The predicted octanol–water partition coefficient (Wildman–Crippen LogP) is 1.63. The average molecular weight is 121 g/mol. The summed E-state index contributed by atoms with van der Waals surface area (Å²) in [7, 11) is 0. The molecule has 2 heteroatoms. The van der Waals surface area contributed by atoms with Gasteiger partial charge in [-0.3, -0.25) is 0 Å². The normalized spacial score (nSPS) is 15.4. The molecule has 1 aromatic heterocycles. The van der Waals surface area contributed by atoms with Crippen LogP contribution in [0.15, 0.2) is 16.9 Å². The van der Waals surface area contributed by atoms with E-state index in [1.807, 2.05) is 6.92 Å². The van der Waals surface area contributed by atoms with Crippen molar-refractivity contribution in [2.45, 2.75) is 13.3 Å². The molecule has 2 nitrogen and oxygen atoms in total. The Bertz CT molecular complexity index is 260. The summed E-state index contributed by atoms with van der Waals surface area (Å²) in [5, 5.41) is 0. The molecule has 0 aliphatic heterocycles. The first-order valence-corrected chi connectivity index (χ1v) is 2.97. The molecular formula is C7H7NO. The van der Waals surface area contributed by atoms with Crippen LogP contribution < -0.4 is 0 Å². The van der Waals surface area contributed by atoms with E-state index in [0.717, 1.165) is 17.9 Å². The molecule has 0 unspecified atom stereocenters. The van der Waals surface area contributed by atoms with E-state index in [9.17, 15) is 0 Å². The molecule has 0 aromatic carbocycles. The highest BCUT2D eigenvalue weighted by atomic mass is 16.3. The van der Waals surface area contributed by atoms with Gasteiger partial charge in [-0.15, -0.1) is 0 Å². The molecule has 46 valence electrons. The zero-order valence-electron chi connectivity index (χ0n) is 5.22. The molecule has 0 N–H and O–H groups in total. The highest BCUT2D eigenvalue weighted by Gasteiger charge is 2.13. The smallest absolute Gasteiger partial charge is 0.181 e. The van der Waals surface area contributed by atoms with Crippen LogP contribution in [0.3, 0.4) is 0 Å². The zero-order valence-corrected chi connectivity index (χ0v) is 5.22. The number of rotatable bonds is 0. The third kappa shape index (κ3) is 0.529. The summed E-state index contributed by atoms with van der Waals surface area (Å²) >= 11 is 0. The lowest BCUT2D eigenvalue weighted by atomic mass is 10.3. The van der Waals surface area contributed by atoms with E-state index in [-0.39, 0.29) is 0 Å². The van der Waals surface area contributed by atoms with Crippen molar-refractivity contribution in [3.05, 3.63) is 23.9 Å². The Labute approximate surface area is 53.2 Å². The minimum atomic E-state index is 0.918. The van der Waals surface area contributed by atoms with Crippen LogP contribution in [0.5, 0.6) is 0 Å². The number of allylic oxidation sites excluding steroid dienone is 2. The molecule has 1 aliphatic rings. The highest BCUT2D eigenvalue weighted by molar-refractivity contribution is 5.66. The van der Waals surface area contributed by atoms with Crippen LogP contribution >= 0.6 is 0 Å². The van der Waals surface area contributed by atoms with E-state index in [4.69, 9.17) is 4.42 Å². The zero-order chi connectivity index (χ0) is 6.27. The summed E-state index contributed by atoms with van der Waals surface area (Å²) in [5.41, 5.74) is 2.27. The van der Waals surface area contributed by atoms with Gasteiger partial charge in [-0.2, -0.15) is 0 Å². The van der Waals surface area contributed by atoms with Crippen molar-refractivity contribution < 1.29 is 4.42 Å². The van der Waals surface area contributed by atoms with Crippen LogP contribution in [0.4, 0.5) is 0 Å². The molecule has 9 heavy (non-hydrogen) atoms. The summed E-state index contributed by atoms with van der Waals surface area (Å²) in [4.78, 5) is 4.04. The SMILES string of the molecule is CC1=CCc2ocnc21. The van der Waals surface area contributed by atoms with E-state index in [1.165, 1.54) is 12.0 Å². The third-order valence-corrected chi connectivity index (χ3v) is 1.61. The molecule has 0 radical (unpaired) electrons. The van der Waals surface area contributed by atoms with E-state index in [1.54, 1.807) is 0 Å². The number of hydrogen-bond donors (Lipinski definition) is 0. The van der Waals surface area contributed by atoms with Gasteiger partial charge in [0.05, 0.1) is 0 Å². The summed E-state index contributed by atoms with van der Waals surface area (Å²) in [5.74, 6) is 1.01. The van der Waals surface area contributed by atoms with Gasteiger partial charge < -0.3 is 4.42 Å². The fourth-order valence-corrected chi connectivity index (χ4v) is 1.08. The first kappa shape index (κ1) is 4.79. The van der Waals surface area contributed by atoms with Crippen molar-refractivity contribution in [3.8, 4) is 0 Å². The standard InChI is InChI=1S/C7H7NO/c1-5-2-3-6-7(5)8-4-9-6/h2,4H,3H2,1H3. The molecule has 0 amide bonds. The quantitative estimate of drug-likeness (QED) is 0.521. The summed E-state index contributed by atoms with van der Waals surface area (Å²) in [6, 6.07) is 0. The average Bonchev–Trinajstić information content (AvgIpc) is 2.35. The maximum absolute atomic E-state index is 5.08. The first-order chi connectivity index (χ1) is 4.38. The topological polar surface area (TPSA) is 26.0 Å². The van der Waals surface area contributed by atoms with Gasteiger partial charge in [0, 0.05) is 6.42 Å². The van der Waals surface area contributed by atoms with Crippen molar-refractivity contribution in [2.24, 2.45) is 0 Å². The molecule has 0 bridgehead atoms. The lowest BCUT2D eigenvalue weighted by Crippen LogP contribution is -1.74. The maximum atomic E-state index is 5.08. The Balaban J connectivity index is 2.62. The molecular weight excluding hydrogens is 114 g/mol. The van der Waals surface area contributed by atoms with Gasteiger partial charge >= 0.3 is 0 Å². The van der Waals surface area contributed by atoms with Crippen molar-refractivity contribution in [1.29, 1.82) is 0 Å². The number of oxazole rings is 1. The molecule has 0 saturated carbocycles. The Morgan fingerprint density at radius 3 is 3.33 bits per heavy atom. The molecule has 1 heterocycles. The van der Waals surface area contributed by atoms with Crippen LogP contribution in [0.25, 0.3) is 5.57 Å². The van der Waals surface area contributed by atoms with Gasteiger partial charge in [0.1, 0.15) is 11.5 Å². The van der Waals surface area contributed by atoms with Crippen molar-refractivity contribution in [1.82, 2.24) is 4.98 Å². The predicted molar refractivity (Wildman–Crippen MR) is 33.9 cm³/mol. The number of aromatic nitrogens is 1. The van der Waals surface area contributed by atoms with Crippen LogP contribution in [0, 0.1) is 0 Å². The lowest BCUT2D eigenvalue weighted by Gasteiger charge is -1.83. The monoisotopic (exact) mass is 121 g/mol. The van der Waals surface area contributed by atoms with Crippen LogP contribution in [-0.2, 0) is 6.42 Å². The Kier molecular flexibility index (Phi) is 0.781. The van der Waals surface area contributed by atoms with Gasteiger partial charge in [0.2, 0.25) is 0 Å². The van der Waals surface area contributed by atoms with Gasteiger partial charge in [0.25, 0.3) is 0 Å². The highest BCUT2D eigenvalue weighted by Crippen LogP contribution is 2.24. The second kappa shape index (κ2) is 1.47. The third-order valence-electron chi connectivity index (χ3n) is 1.61. The van der Waals surface area contributed by atoms with Crippen LogP contribution in [-0.4, -0.2) is 4.98 Å². The number of nitrogens with zero attached hydrogens (tertiary/aromatic N) is 1. The van der Waals surface area contributed by atoms with E-state index in [0.29, 0.717) is 0 Å². The first-order valence-electron chi connectivity index (χ1n) is 2.97. The summed E-state index contributed by atoms with van der Waals surface area (Å²) < 4.78 is 5.08. The van der Waals surface area contributed by atoms with Crippen LogP contribution in [0.2, 0.25) is 0 Å². The van der Waals surface area contributed by atoms with Crippen LogP contribution in [0.1, 0.15) is 18.4 Å². The van der Waals surface area contributed by atoms with Gasteiger partial charge in [0.15, 0.2) is 6.39 Å². The molecule has 0 spiro atoms. The maximum Gasteiger partial charge on any atom is 0.181 e. The van der Waals surface area contributed by atoms with Gasteiger partial charge in [-0.1, -0.05) is 6.08 Å². The molecule has 1 aromatic rings. The second-order valence-corrected chi connectivity index (χ2v) is 2.22. The fraction of sp³-hybridized carbons (Fsp3) is 0.286. The molecule has 0 saturated heterocycles. The van der Waals surface area contributed by atoms with E-state index in [2.05, 4.69) is 11.1 Å².